The molecule has 1 saturated heterocycles. The predicted octanol–water partition coefficient (Wildman–Crippen LogP) is 3.85. The molecule has 1 heterocycles. The molecule has 1 aliphatic heterocycles. The molecule has 0 spiro atoms. The third kappa shape index (κ3) is 5.44. The highest BCUT2D eigenvalue weighted by molar-refractivity contribution is 7.97. The van der Waals surface area contributed by atoms with Gasteiger partial charge in [-0.05, 0) is 38.5 Å². The largest absolute Gasteiger partial charge is 0.297 e. The molecule has 1 saturated carbocycles. The Morgan fingerprint density at radius 2 is 1.82 bits per heavy atom. The Morgan fingerprint density at radius 1 is 1.18 bits per heavy atom. The van der Waals surface area contributed by atoms with Gasteiger partial charge in [-0.1, -0.05) is 35.1 Å². The normalized spacial score (nSPS) is 28.0. The van der Waals surface area contributed by atoms with E-state index in [9.17, 15) is 4.79 Å². The Kier molecular flexibility index (Phi) is 7.54. The molecule has 1 aliphatic carbocycles. The van der Waals surface area contributed by atoms with Gasteiger partial charge in [-0.15, -0.1) is 0 Å². The minimum Gasteiger partial charge on any atom is -0.297 e. The molecule has 0 N–H and O–H groups in total. The summed E-state index contributed by atoms with van der Waals surface area (Å²) in [6.07, 6.45) is 9.40. The minimum atomic E-state index is -0.00969. The number of carbonyl (C=O) groups excluding carboxylic acids is 1. The van der Waals surface area contributed by atoms with Crippen molar-refractivity contribution in [3.05, 3.63) is 10.1 Å². The molecule has 0 bridgehead atoms. The van der Waals surface area contributed by atoms with Crippen molar-refractivity contribution < 1.29 is 4.79 Å². The molecular formula is C15H23Cl2N3OS. The first-order chi connectivity index (χ1) is 10.6. The molecule has 0 radical (unpaired) electrons. The summed E-state index contributed by atoms with van der Waals surface area (Å²) in [7, 11) is 1.95. The smallest absolute Gasteiger partial charge is 0.162 e. The van der Waals surface area contributed by atoms with E-state index in [1.165, 1.54) is 45.0 Å². The quantitative estimate of drug-likeness (QED) is 0.236. The fourth-order valence-corrected chi connectivity index (χ4v) is 4.39. The molecule has 0 amide bonds. The zero-order valence-electron chi connectivity index (χ0n) is 12.9. The molecule has 0 unspecified atom stereocenters. The molecule has 0 atom stereocenters. The highest BCUT2D eigenvalue weighted by atomic mass is 35.5. The number of halogens is 2. The van der Waals surface area contributed by atoms with Crippen LogP contribution in [0.4, 0.5) is 0 Å². The maximum atomic E-state index is 10.5. The highest BCUT2D eigenvalue weighted by Crippen LogP contribution is 2.34. The first-order valence-corrected chi connectivity index (χ1v) is 9.38. The molecule has 124 valence electrons. The van der Waals surface area contributed by atoms with Crippen molar-refractivity contribution >= 4 is 47.7 Å². The maximum Gasteiger partial charge on any atom is 0.162 e. The summed E-state index contributed by atoms with van der Waals surface area (Å²) < 4.78 is 2.53. The van der Waals surface area contributed by atoms with Crippen molar-refractivity contribution in [3.63, 3.8) is 0 Å². The van der Waals surface area contributed by atoms with Gasteiger partial charge in [0.25, 0.3) is 0 Å². The van der Waals surface area contributed by atoms with Crippen molar-refractivity contribution in [2.24, 2.45) is 5.10 Å². The summed E-state index contributed by atoms with van der Waals surface area (Å²) in [4.78, 5) is 10.5. The Labute approximate surface area is 147 Å². The van der Waals surface area contributed by atoms with Crippen LogP contribution in [0.3, 0.4) is 0 Å². The Bertz CT molecular complexity index is 431. The third-order valence-corrected chi connectivity index (χ3v) is 6.34. The third-order valence-electron chi connectivity index (χ3n) is 4.22. The zero-order chi connectivity index (χ0) is 15.9. The average Bonchev–Trinajstić information content (AvgIpc) is 3.05. The van der Waals surface area contributed by atoms with Crippen LogP contribution in [0.5, 0.6) is 0 Å². The van der Waals surface area contributed by atoms with Gasteiger partial charge in [0, 0.05) is 31.4 Å². The van der Waals surface area contributed by atoms with Crippen LogP contribution in [-0.4, -0.2) is 53.2 Å². The number of nitrogens with zero attached hydrogens (tertiary/aromatic N) is 3. The lowest BCUT2D eigenvalue weighted by molar-refractivity contribution is -0.104. The van der Waals surface area contributed by atoms with Crippen molar-refractivity contribution in [3.8, 4) is 0 Å². The van der Waals surface area contributed by atoms with Crippen LogP contribution in [0, 0.1) is 0 Å². The topological polar surface area (TPSA) is 35.9 Å². The number of rotatable bonds is 6. The van der Waals surface area contributed by atoms with Crippen LogP contribution in [0.1, 0.15) is 38.5 Å². The summed E-state index contributed by atoms with van der Waals surface area (Å²) >= 11 is 13.6. The number of hydrazone groups is 1. The summed E-state index contributed by atoms with van der Waals surface area (Å²) in [5, 5.41) is 7.16. The second-order valence-electron chi connectivity index (χ2n) is 5.80. The number of aldehydes is 1. The number of hydrogen-bond acceptors (Lipinski definition) is 5. The fraction of sp³-hybridized carbons (Fsp3) is 0.733. The van der Waals surface area contributed by atoms with Crippen molar-refractivity contribution in [1.29, 1.82) is 0 Å². The Morgan fingerprint density at radius 3 is 2.41 bits per heavy atom. The lowest BCUT2D eigenvalue weighted by Gasteiger charge is -2.34. The standard InChI is InChI=1S/C15H23Cl2N3OS/c1-19(18-10-14(16)15(17)11-21)12-4-6-13(7-5-12)22-20-8-2-3-9-20/h10-13H,2-9H2,1H3/b15-14-,18-10-. The summed E-state index contributed by atoms with van der Waals surface area (Å²) in [6, 6.07) is 0.436. The van der Waals surface area contributed by atoms with E-state index in [0.29, 0.717) is 12.3 Å². The summed E-state index contributed by atoms with van der Waals surface area (Å²) in [5.41, 5.74) is 0. The van der Waals surface area contributed by atoms with E-state index in [0.717, 1.165) is 18.1 Å². The van der Waals surface area contributed by atoms with Gasteiger partial charge in [0.15, 0.2) is 6.29 Å². The molecule has 2 rings (SSSR count). The van der Waals surface area contributed by atoms with Gasteiger partial charge in [0.2, 0.25) is 0 Å². The van der Waals surface area contributed by atoms with Crippen LogP contribution < -0.4 is 0 Å². The highest BCUT2D eigenvalue weighted by Gasteiger charge is 2.26. The van der Waals surface area contributed by atoms with Gasteiger partial charge >= 0.3 is 0 Å². The molecule has 22 heavy (non-hydrogen) atoms. The Balaban J connectivity index is 1.75. The van der Waals surface area contributed by atoms with E-state index in [1.807, 2.05) is 12.1 Å². The summed E-state index contributed by atoms with van der Waals surface area (Å²) in [5.74, 6) is 0. The lowest BCUT2D eigenvalue weighted by atomic mass is 9.95. The average molecular weight is 364 g/mol. The Hall–Kier alpha value is -0.230. The maximum absolute atomic E-state index is 10.5. The number of allylic oxidation sites excluding steroid dienone is 2. The summed E-state index contributed by atoms with van der Waals surface area (Å²) in [6.45, 7) is 2.49. The SMILES string of the molecule is CN(/N=C\C(Cl)=C(\Cl)C=O)C1CCC(SN2CCCC2)CC1. The van der Waals surface area contributed by atoms with E-state index in [2.05, 4.69) is 21.4 Å². The van der Waals surface area contributed by atoms with E-state index < -0.39 is 0 Å². The first-order valence-electron chi connectivity index (χ1n) is 7.79. The van der Waals surface area contributed by atoms with Gasteiger partial charge in [0.05, 0.1) is 11.2 Å². The molecule has 4 nitrogen and oxygen atoms in total. The molecule has 0 aromatic rings. The van der Waals surface area contributed by atoms with Gasteiger partial charge < -0.3 is 0 Å². The van der Waals surface area contributed by atoms with E-state index in [4.69, 9.17) is 23.2 Å². The van der Waals surface area contributed by atoms with Crippen LogP contribution in [0.2, 0.25) is 0 Å². The van der Waals surface area contributed by atoms with Crippen LogP contribution in [0.25, 0.3) is 0 Å². The molecule has 2 aliphatic rings. The lowest BCUT2D eigenvalue weighted by Crippen LogP contribution is -2.33. The number of carbonyl (C=O) groups is 1. The number of hydrogen-bond donors (Lipinski definition) is 0. The van der Waals surface area contributed by atoms with Crippen molar-refractivity contribution in [2.75, 3.05) is 20.1 Å². The fourth-order valence-electron chi connectivity index (χ4n) is 2.88. The predicted molar refractivity (Wildman–Crippen MR) is 95.5 cm³/mol. The second kappa shape index (κ2) is 9.16. The molecule has 7 heteroatoms. The molecule has 2 fully saturated rings. The van der Waals surface area contributed by atoms with Crippen molar-refractivity contribution in [1.82, 2.24) is 9.31 Å². The van der Waals surface area contributed by atoms with E-state index in [1.54, 1.807) is 0 Å². The molecule has 0 aromatic heterocycles. The second-order valence-corrected chi connectivity index (χ2v) is 8.01. The van der Waals surface area contributed by atoms with Gasteiger partial charge in [-0.25, -0.2) is 0 Å². The monoisotopic (exact) mass is 363 g/mol. The minimum absolute atomic E-state index is 0.00969. The van der Waals surface area contributed by atoms with E-state index in [-0.39, 0.29) is 10.1 Å². The van der Waals surface area contributed by atoms with E-state index >= 15 is 0 Å². The molecular weight excluding hydrogens is 341 g/mol. The molecule has 0 aromatic carbocycles. The van der Waals surface area contributed by atoms with Crippen LogP contribution >= 0.6 is 35.1 Å². The van der Waals surface area contributed by atoms with Crippen LogP contribution in [-0.2, 0) is 4.79 Å². The van der Waals surface area contributed by atoms with Crippen molar-refractivity contribution in [2.45, 2.75) is 49.8 Å². The van der Waals surface area contributed by atoms with Gasteiger partial charge in [-0.3, -0.25) is 14.1 Å². The van der Waals surface area contributed by atoms with Gasteiger partial charge in [0.1, 0.15) is 5.03 Å². The van der Waals surface area contributed by atoms with Crippen LogP contribution in [0.15, 0.2) is 15.2 Å². The van der Waals surface area contributed by atoms with Gasteiger partial charge in [-0.2, -0.15) is 5.10 Å². The first kappa shape index (κ1) is 18.1. The zero-order valence-corrected chi connectivity index (χ0v) is 15.2.